The van der Waals surface area contributed by atoms with E-state index in [2.05, 4.69) is 18.2 Å². The Morgan fingerprint density at radius 2 is 1.46 bits per heavy atom. The molecule has 0 saturated carbocycles. The molecule has 6 heteroatoms. The minimum absolute atomic E-state index is 0.0876. The minimum atomic E-state index is -0.260. The van der Waals surface area contributed by atoms with E-state index >= 15 is 0 Å². The normalized spacial score (nSPS) is 12.4. The molecule has 4 aromatic carbocycles. The maximum absolute atomic E-state index is 13.7. The lowest BCUT2D eigenvalue weighted by Crippen LogP contribution is -2.30. The summed E-state index contributed by atoms with van der Waals surface area (Å²) in [6.07, 6.45) is 0.787. The summed E-state index contributed by atoms with van der Waals surface area (Å²) in [6.45, 7) is 0.501. The molecule has 0 aliphatic carbocycles. The van der Waals surface area contributed by atoms with Crippen LogP contribution in [0.4, 0.5) is 11.4 Å². The van der Waals surface area contributed by atoms with Gasteiger partial charge >= 0.3 is 0 Å². The predicted octanol–water partition coefficient (Wildman–Crippen LogP) is 7.02. The maximum atomic E-state index is 13.7. The van der Waals surface area contributed by atoms with Gasteiger partial charge in [0.25, 0.3) is 11.8 Å². The number of hydrogen-bond donors (Lipinski definition) is 0. The Morgan fingerprint density at radius 1 is 0.800 bits per heavy atom. The monoisotopic (exact) mass is 500 g/mol. The molecule has 4 nitrogen and oxygen atoms in total. The molecule has 0 fully saturated rings. The molecule has 4 aromatic rings. The number of carbonyl (C=O) groups excluding carboxylic acids is 2. The quantitative estimate of drug-likeness (QED) is 0.303. The molecule has 5 rings (SSSR count). The van der Waals surface area contributed by atoms with E-state index in [1.165, 1.54) is 10.5 Å². The summed E-state index contributed by atoms with van der Waals surface area (Å²) in [6, 6.07) is 28.1. The fourth-order valence-electron chi connectivity index (χ4n) is 4.39. The van der Waals surface area contributed by atoms with Crippen molar-refractivity contribution in [1.82, 2.24) is 0 Å². The number of fused-ring (bicyclic) bond motifs is 2. The first-order valence-corrected chi connectivity index (χ1v) is 12.0. The number of carbonyl (C=O) groups is 2. The van der Waals surface area contributed by atoms with Crippen molar-refractivity contribution in [3.05, 3.63) is 129 Å². The Labute approximate surface area is 214 Å². The summed E-state index contributed by atoms with van der Waals surface area (Å²) in [5.41, 5.74) is 5.96. The van der Waals surface area contributed by atoms with Crippen molar-refractivity contribution in [3.8, 4) is 0 Å². The van der Waals surface area contributed by atoms with Gasteiger partial charge in [-0.2, -0.15) is 0 Å². The van der Waals surface area contributed by atoms with Crippen LogP contribution in [0.3, 0.4) is 0 Å². The highest BCUT2D eigenvalue weighted by Crippen LogP contribution is 2.32. The molecular formula is C29H22Cl2N2O2. The van der Waals surface area contributed by atoms with Gasteiger partial charge in [-0.25, -0.2) is 0 Å². The molecule has 35 heavy (non-hydrogen) atoms. The highest BCUT2D eigenvalue weighted by atomic mass is 35.5. The highest BCUT2D eigenvalue weighted by molar-refractivity contribution is 6.37. The summed E-state index contributed by atoms with van der Waals surface area (Å²) in [4.78, 5) is 29.9. The van der Waals surface area contributed by atoms with Crippen molar-refractivity contribution in [2.75, 3.05) is 16.8 Å². The fraction of sp³-hybridized carbons (Fsp3) is 0.103. The van der Waals surface area contributed by atoms with E-state index in [0.717, 1.165) is 23.2 Å². The Morgan fingerprint density at radius 3 is 2.17 bits per heavy atom. The summed E-state index contributed by atoms with van der Waals surface area (Å²) >= 11 is 12.2. The number of para-hydroxylation sites is 1. The number of halogens is 2. The van der Waals surface area contributed by atoms with E-state index in [1.807, 2.05) is 35.2 Å². The lowest BCUT2D eigenvalue weighted by atomic mass is 10.0. The molecule has 0 unspecified atom stereocenters. The van der Waals surface area contributed by atoms with Crippen molar-refractivity contribution in [1.29, 1.82) is 0 Å². The molecule has 1 aliphatic rings. The van der Waals surface area contributed by atoms with E-state index < -0.39 is 0 Å². The molecule has 0 bridgehead atoms. The first-order valence-electron chi connectivity index (χ1n) is 11.2. The van der Waals surface area contributed by atoms with Crippen LogP contribution >= 0.6 is 23.2 Å². The average Bonchev–Trinajstić information content (AvgIpc) is 3.04. The number of nitrogens with zero attached hydrogens (tertiary/aromatic N) is 2. The Kier molecular flexibility index (Phi) is 6.33. The second-order valence-corrected chi connectivity index (χ2v) is 9.34. The van der Waals surface area contributed by atoms with E-state index in [0.29, 0.717) is 33.4 Å². The highest BCUT2D eigenvalue weighted by Gasteiger charge is 2.25. The third-order valence-electron chi connectivity index (χ3n) is 6.32. The number of rotatable bonds is 3. The molecule has 174 valence electrons. The molecule has 0 radical (unpaired) electrons. The van der Waals surface area contributed by atoms with Crippen LogP contribution in [-0.2, 0) is 13.0 Å². The van der Waals surface area contributed by atoms with Gasteiger partial charge in [-0.3, -0.25) is 9.59 Å². The molecule has 0 aromatic heterocycles. The maximum Gasteiger partial charge on any atom is 0.259 e. The van der Waals surface area contributed by atoms with Crippen LogP contribution in [0.1, 0.15) is 37.4 Å². The van der Waals surface area contributed by atoms with Gasteiger partial charge < -0.3 is 9.80 Å². The van der Waals surface area contributed by atoms with E-state index in [-0.39, 0.29) is 11.8 Å². The van der Waals surface area contributed by atoms with Crippen LogP contribution in [0.2, 0.25) is 10.0 Å². The molecule has 2 amide bonds. The van der Waals surface area contributed by atoms with Crippen molar-refractivity contribution < 1.29 is 9.59 Å². The van der Waals surface area contributed by atoms with Gasteiger partial charge in [0.15, 0.2) is 0 Å². The number of anilines is 2. The van der Waals surface area contributed by atoms with Gasteiger partial charge in [0.1, 0.15) is 0 Å². The Balaban J connectivity index is 1.42. The third-order valence-corrected chi connectivity index (χ3v) is 6.87. The van der Waals surface area contributed by atoms with Crippen LogP contribution in [0.15, 0.2) is 91.0 Å². The van der Waals surface area contributed by atoms with E-state index in [9.17, 15) is 9.59 Å². The van der Waals surface area contributed by atoms with Crippen LogP contribution in [0, 0.1) is 0 Å². The van der Waals surface area contributed by atoms with Gasteiger partial charge in [-0.15, -0.1) is 0 Å². The molecule has 0 spiro atoms. The summed E-state index contributed by atoms with van der Waals surface area (Å²) in [5, 5.41) is 0.760. The van der Waals surface area contributed by atoms with Crippen LogP contribution < -0.4 is 9.80 Å². The first kappa shape index (κ1) is 23.2. The zero-order valence-corrected chi connectivity index (χ0v) is 20.6. The Bertz CT molecular complexity index is 1430. The zero-order chi connectivity index (χ0) is 24.5. The van der Waals surface area contributed by atoms with Crippen molar-refractivity contribution in [2.24, 2.45) is 0 Å². The Hall–Kier alpha value is -3.60. The lowest BCUT2D eigenvalue weighted by molar-refractivity contribution is 0.0981. The fourth-order valence-corrected chi connectivity index (χ4v) is 4.88. The smallest absolute Gasteiger partial charge is 0.259 e. The number of amides is 2. The minimum Gasteiger partial charge on any atom is -0.311 e. The number of benzene rings is 4. The van der Waals surface area contributed by atoms with E-state index in [4.69, 9.17) is 23.2 Å². The van der Waals surface area contributed by atoms with Gasteiger partial charge in [0, 0.05) is 29.0 Å². The van der Waals surface area contributed by atoms with E-state index in [1.54, 1.807) is 49.5 Å². The largest absolute Gasteiger partial charge is 0.311 e. The molecule has 0 N–H and O–H groups in total. The van der Waals surface area contributed by atoms with Crippen LogP contribution in [-0.4, -0.2) is 18.9 Å². The third kappa shape index (κ3) is 4.55. The van der Waals surface area contributed by atoms with Crippen molar-refractivity contribution in [2.45, 2.75) is 13.0 Å². The second kappa shape index (κ2) is 9.57. The molecule has 0 atom stereocenters. The second-order valence-electron chi connectivity index (χ2n) is 8.50. The summed E-state index contributed by atoms with van der Waals surface area (Å²) < 4.78 is 0. The zero-order valence-electron chi connectivity index (χ0n) is 19.0. The lowest BCUT2D eigenvalue weighted by Gasteiger charge is -2.24. The van der Waals surface area contributed by atoms with Crippen LogP contribution in [0.5, 0.6) is 0 Å². The van der Waals surface area contributed by atoms with Crippen molar-refractivity contribution >= 4 is 46.4 Å². The molecule has 1 aliphatic heterocycles. The van der Waals surface area contributed by atoms with Crippen LogP contribution in [0.25, 0.3) is 0 Å². The van der Waals surface area contributed by atoms with Gasteiger partial charge in [-0.05, 0) is 71.6 Å². The average molecular weight is 501 g/mol. The topological polar surface area (TPSA) is 40.6 Å². The SMILES string of the molecule is CN(C(=O)c1ccc(Cl)cc1Cl)c1ccc(C(=O)N2Cc3ccccc3Cc3ccccc32)cc1. The predicted molar refractivity (Wildman–Crippen MR) is 142 cm³/mol. The van der Waals surface area contributed by atoms with Gasteiger partial charge in [-0.1, -0.05) is 65.7 Å². The summed E-state index contributed by atoms with van der Waals surface area (Å²) in [5.74, 6) is -0.348. The standard InChI is InChI=1S/C29H22Cl2N2O2/c1-32(29(35)25-15-12-23(30)17-26(25)31)24-13-10-19(11-14-24)28(34)33-18-22-8-3-2-6-20(22)16-21-7-4-5-9-27(21)33/h2-15,17H,16,18H2,1H3. The van der Waals surface area contributed by atoms with Crippen molar-refractivity contribution in [3.63, 3.8) is 0 Å². The van der Waals surface area contributed by atoms with Gasteiger partial charge in [0.2, 0.25) is 0 Å². The first-order chi connectivity index (χ1) is 16.9. The van der Waals surface area contributed by atoms with Gasteiger partial charge in [0.05, 0.1) is 17.1 Å². The number of hydrogen-bond acceptors (Lipinski definition) is 2. The molecule has 0 saturated heterocycles. The molecule has 1 heterocycles. The summed E-state index contributed by atoms with van der Waals surface area (Å²) in [7, 11) is 1.67. The molecular weight excluding hydrogens is 479 g/mol.